The molecule has 88 valence electrons. The van der Waals surface area contributed by atoms with Crippen LogP contribution in [-0.4, -0.2) is 20.7 Å². The molecule has 2 aromatic heterocycles. The normalized spacial score (nSPS) is 10.2. The van der Waals surface area contributed by atoms with E-state index < -0.39 is 0 Å². The van der Waals surface area contributed by atoms with Gasteiger partial charge in [-0.15, -0.1) is 0 Å². The smallest absolute Gasteiger partial charge is 0.278 e. The van der Waals surface area contributed by atoms with E-state index in [9.17, 15) is 4.79 Å². The van der Waals surface area contributed by atoms with E-state index in [1.54, 1.807) is 31.6 Å². The summed E-state index contributed by atoms with van der Waals surface area (Å²) in [5, 5.41) is 6.72. The molecular formula is C11H13N5O. The van der Waals surface area contributed by atoms with Gasteiger partial charge in [0, 0.05) is 19.4 Å². The fourth-order valence-electron chi connectivity index (χ4n) is 1.48. The number of hydrogen-bond donors (Lipinski definition) is 2. The topological polar surface area (TPSA) is 85.8 Å². The summed E-state index contributed by atoms with van der Waals surface area (Å²) in [6.45, 7) is 1.82. The van der Waals surface area contributed by atoms with Crippen LogP contribution in [0, 0.1) is 6.92 Å². The maximum Gasteiger partial charge on any atom is 0.278 e. The third-order valence-corrected chi connectivity index (χ3v) is 2.33. The number of carbonyl (C=O) groups is 1. The minimum Gasteiger partial charge on any atom is -0.396 e. The van der Waals surface area contributed by atoms with Crippen LogP contribution in [0.3, 0.4) is 0 Å². The number of nitrogens with two attached hydrogens (primary N) is 1. The molecule has 2 heterocycles. The Hall–Kier alpha value is -2.37. The van der Waals surface area contributed by atoms with Gasteiger partial charge >= 0.3 is 0 Å². The second kappa shape index (κ2) is 4.25. The van der Waals surface area contributed by atoms with Crippen LogP contribution in [0.25, 0.3) is 0 Å². The average Bonchev–Trinajstić information content (AvgIpc) is 2.61. The lowest BCUT2D eigenvalue weighted by Crippen LogP contribution is -2.15. The molecule has 3 N–H and O–H groups in total. The number of carbonyl (C=O) groups excluding carboxylic acids is 1. The molecule has 2 aromatic rings. The van der Waals surface area contributed by atoms with Gasteiger partial charge in [0.15, 0.2) is 5.69 Å². The van der Waals surface area contributed by atoms with Crippen molar-refractivity contribution >= 4 is 17.3 Å². The Labute approximate surface area is 98.5 Å². The third kappa shape index (κ3) is 2.25. The van der Waals surface area contributed by atoms with Gasteiger partial charge in [0.05, 0.1) is 17.1 Å². The maximum absolute atomic E-state index is 11.9. The predicted molar refractivity (Wildman–Crippen MR) is 64.5 cm³/mol. The summed E-state index contributed by atoms with van der Waals surface area (Å²) in [5.74, 6) is -0.334. The monoisotopic (exact) mass is 231 g/mol. The van der Waals surface area contributed by atoms with Crippen molar-refractivity contribution in [3.63, 3.8) is 0 Å². The molecule has 0 atom stereocenters. The minimum atomic E-state index is -0.334. The molecule has 0 radical (unpaired) electrons. The largest absolute Gasteiger partial charge is 0.396 e. The average molecular weight is 231 g/mol. The molecule has 0 aromatic carbocycles. The third-order valence-electron chi connectivity index (χ3n) is 2.33. The number of hydrogen-bond acceptors (Lipinski definition) is 4. The molecule has 0 saturated carbocycles. The predicted octanol–water partition coefficient (Wildman–Crippen LogP) is 0.958. The fourth-order valence-corrected chi connectivity index (χ4v) is 1.48. The highest BCUT2D eigenvalue weighted by atomic mass is 16.2. The number of aromatic nitrogens is 3. The van der Waals surface area contributed by atoms with Gasteiger partial charge in [-0.05, 0) is 19.1 Å². The summed E-state index contributed by atoms with van der Waals surface area (Å²) in [4.78, 5) is 16.0. The Morgan fingerprint density at radius 3 is 2.88 bits per heavy atom. The van der Waals surface area contributed by atoms with Crippen molar-refractivity contribution in [2.24, 2.45) is 7.05 Å². The van der Waals surface area contributed by atoms with Gasteiger partial charge in [0.25, 0.3) is 5.91 Å². The van der Waals surface area contributed by atoms with Gasteiger partial charge in [0.1, 0.15) is 0 Å². The molecule has 6 nitrogen and oxygen atoms in total. The van der Waals surface area contributed by atoms with Crippen molar-refractivity contribution < 1.29 is 4.79 Å². The van der Waals surface area contributed by atoms with Crippen molar-refractivity contribution in [3.8, 4) is 0 Å². The first-order chi connectivity index (χ1) is 8.08. The van der Waals surface area contributed by atoms with Crippen LogP contribution in [0.2, 0.25) is 0 Å². The van der Waals surface area contributed by atoms with Gasteiger partial charge in [-0.3, -0.25) is 14.5 Å². The van der Waals surface area contributed by atoms with Crippen molar-refractivity contribution in [1.29, 1.82) is 0 Å². The van der Waals surface area contributed by atoms with E-state index >= 15 is 0 Å². The lowest BCUT2D eigenvalue weighted by Gasteiger charge is -2.05. The molecule has 1 amide bonds. The highest BCUT2D eigenvalue weighted by Crippen LogP contribution is 2.14. The standard InChI is InChI=1S/C11H13N5O/c1-7-9(4-3-5-13-7)14-11(17)10-8(12)6-16(2)15-10/h3-6H,12H2,1-2H3,(H,14,17). The summed E-state index contributed by atoms with van der Waals surface area (Å²) in [6.07, 6.45) is 3.26. The molecule has 0 aliphatic rings. The van der Waals surface area contributed by atoms with E-state index in [0.29, 0.717) is 11.4 Å². The first-order valence-electron chi connectivity index (χ1n) is 5.10. The zero-order chi connectivity index (χ0) is 12.4. The molecule has 6 heteroatoms. The van der Waals surface area contributed by atoms with Gasteiger partial charge in [0.2, 0.25) is 0 Å². The van der Waals surface area contributed by atoms with E-state index in [4.69, 9.17) is 5.73 Å². The molecular weight excluding hydrogens is 218 g/mol. The van der Waals surface area contributed by atoms with Crippen LogP contribution < -0.4 is 11.1 Å². The number of aryl methyl sites for hydroxylation is 2. The Bertz CT molecular complexity index is 561. The SMILES string of the molecule is Cc1ncccc1NC(=O)c1nn(C)cc1N. The number of rotatable bonds is 2. The second-order valence-electron chi connectivity index (χ2n) is 3.70. The van der Waals surface area contributed by atoms with Crippen LogP contribution in [-0.2, 0) is 7.05 Å². The van der Waals surface area contributed by atoms with Crippen LogP contribution in [0.1, 0.15) is 16.2 Å². The van der Waals surface area contributed by atoms with Gasteiger partial charge in [-0.1, -0.05) is 0 Å². The maximum atomic E-state index is 11.9. The van der Waals surface area contributed by atoms with E-state index in [0.717, 1.165) is 5.69 Å². The summed E-state index contributed by atoms with van der Waals surface area (Å²) >= 11 is 0. The van der Waals surface area contributed by atoms with Crippen molar-refractivity contribution in [3.05, 3.63) is 35.9 Å². The summed E-state index contributed by atoms with van der Waals surface area (Å²) in [5.41, 5.74) is 7.65. The Balaban J connectivity index is 2.23. The number of amides is 1. The zero-order valence-electron chi connectivity index (χ0n) is 9.64. The number of pyridine rings is 1. The van der Waals surface area contributed by atoms with Crippen molar-refractivity contribution in [2.75, 3.05) is 11.1 Å². The Morgan fingerprint density at radius 1 is 1.53 bits per heavy atom. The number of nitrogen functional groups attached to an aromatic ring is 1. The lowest BCUT2D eigenvalue weighted by atomic mass is 10.3. The molecule has 0 aliphatic heterocycles. The first kappa shape index (κ1) is 11.1. The Morgan fingerprint density at radius 2 is 2.29 bits per heavy atom. The van der Waals surface area contributed by atoms with E-state index in [2.05, 4.69) is 15.4 Å². The second-order valence-corrected chi connectivity index (χ2v) is 3.70. The zero-order valence-corrected chi connectivity index (χ0v) is 9.64. The van der Waals surface area contributed by atoms with Gasteiger partial charge in [-0.2, -0.15) is 5.10 Å². The quantitative estimate of drug-likeness (QED) is 0.806. The van der Waals surface area contributed by atoms with Gasteiger partial charge < -0.3 is 11.1 Å². The molecule has 0 saturated heterocycles. The lowest BCUT2D eigenvalue weighted by molar-refractivity contribution is 0.102. The van der Waals surface area contributed by atoms with Crippen molar-refractivity contribution in [1.82, 2.24) is 14.8 Å². The number of nitrogens with zero attached hydrogens (tertiary/aromatic N) is 3. The van der Waals surface area contributed by atoms with Crippen LogP contribution >= 0.6 is 0 Å². The van der Waals surface area contributed by atoms with Crippen LogP contribution in [0.15, 0.2) is 24.5 Å². The van der Waals surface area contributed by atoms with E-state index in [1.165, 1.54) is 4.68 Å². The summed E-state index contributed by atoms with van der Waals surface area (Å²) in [6, 6.07) is 3.53. The fraction of sp³-hybridized carbons (Fsp3) is 0.182. The first-order valence-corrected chi connectivity index (χ1v) is 5.10. The highest BCUT2D eigenvalue weighted by Gasteiger charge is 2.14. The molecule has 17 heavy (non-hydrogen) atoms. The van der Waals surface area contributed by atoms with Crippen molar-refractivity contribution in [2.45, 2.75) is 6.92 Å². The molecule has 0 bridgehead atoms. The number of nitrogens with one attached hydrogen (secondary N) is 1. The summed E-state index contributed by atoms with van der Waals surface area (Å²) in [7, 11) is 1.71. The highest BCUT2D eigenvalue weighted by molar-refractivity contribution is 6.06. The molecule has 0 aliphatic carbocycles. The molecule has 0 spiro atoms. The molecule has 0 unspecified atom stereocenters. The number of anilines is 2. The minimum absolute atomic E-state index is 0.218. The van der Waals surface area contributed by atoms with Gasteiger partial charge in [-0.25, -0.2) is 0 Å². The molecule has 0 fully saturated rings. The van der Waals surface area contributed by atoms with E-state index in [1.807, 2.05) is 6.92 Å². The van der Waals surface area contributed by atoms with Crippen LogP contribution in [0.5, 0.6) is 0 Å². The van der Waals surface area contributed by atoms with E-state index in [-0.39, 0.29) is 11.6 Å². The summed E-state index contributed by atoms with van der Waals surface area (Å²) < 4.78 is 1.50. The Kier molecular flexibility index (Phi) is 2.78. The molecule has 2 rings (SSSR count). The van der Waals surface area contributed by atoms with Crippen LogP contribution in [0.4, 0.5) is 11.4 Å².